The number of ether oxygens (including phenoxy) is 2. The number of thioether (sulfide) groups is 1. The van der Waals surface area contributed by atoms with Gasteiger partial charge in [-0.3, -0.25) is 19.3 Å². The number of fused-ring (bicyclic) bond motifs is 1. The summed E-state index contributed by atoms with van der Waals surface area (Å²) in [5.74, 6) is 1.69. The highest BCUT2D eigenvalue weighted by Crippen LogP contribution is 2.36. The number of amides is 3. The zero-order valence-corrected chi connectivity index (χ0v) is 18.3. The Kier molecular flexibility index (Phi) is 6.74. The van der Waals surface area contributed by atoms with Crippen LogP contribution in [0.25, 0.3) is 6.08 Å². The molecule has 0 atom stereocenters. The number of rotatable bonds is 9. The lowest BCUT2D eigenvalue weighted by Gasteiger charge is -2.12. The van der Waals surface area contributed by atoms with Crippen LogP contribution in [-0.2, 0) is 22.4 Å². The minimum Gasteiger partial charge on any atom is -0.454 e. The van der Waals surface area contributed by atoms with Crippen LogP contribution in [0.1, 0.15) is 37.0 Å². The van der Waals surface area contributed by atoms with Gasteiger partial charge < -0.3 is 19.3 Å². The van der Waals surface area contributed by atoms with Crippen LogP contribution in [0, 0.1) is 0 Å². The predicted octanol–water partition coefficient (Wildman–Crippen LogP) is 2.54. The third-order valence-corrected chi connectivity index (χ3v) is 5.68. The largest absolute Gasteiger partial charge is 0.454 e. The van der Waals surface area contributed by atoms with E-state index in [2.05, 4.69) is 15.5 Å². The summed E-state index contributed by atoms with van der Waals surface area (Å²) in [7, 11) is 0. The Morgan fingerprint density at radius 3 is 2.94 bits per heavy atom. The molecular formula is C21H22N4O6S. The maximum atomic E-state index is 12.6. The summed E-state index contributed by atoms with van der Waals surface area (Å²) in [6, 6.07) is 5.30. The molecule has 168 valence electrons. The van der Waals surface area contributed by atoms with Crippen LogP contribution in [0.4, 0.5) is 4.79 Å². The summed E-state index contributed by atoms with van der Waals surface area (Å²) in [5.41, 5.74) is 0.733. The number of carbonyl (C=O) groups is 3. The summed E-state index contributed by atoms with van der Waals surface area (Å²) in [5, 5.41) is 6.19. The Morgan fingerprint density at radius 1 is 1.25 bits per heavy atom. The van der Waals surface area contributed by atoms with Crippen LogP contribution < -0.4 is 14.8 Å². The second-order valence-electron chi connectivity index (χ2n) is 7.15. The highest BCUT2D eigenvalue weighted by molar-refractivity contribution is 8.18. The predicted molar refractivity (Wildman–Crippen MR) is 115 cm³/mol. The highest BCUT2D eigenvalue weighted by atomic mass is 32.2. The normalized spacial score (nSPS) is 16.3. The zero-order valence-electron chi connectivity index (χ0n) is 17.5. The van der Waals surface area contributed by atoms with Crippen molar-refractivity contribution >= 4 is 34.9 Å². The molecule has 3 heterocycles. The summed E-state index contributed by atoms with van der Waals surface area (Å²) >= 11 is 0.869. The van der Waals surface area contributed by atoms with Crippen molar-refractivity contribution in [3.63, 3.8) is 0 Å². The first-order chi connectivity index (χ1) is 15.5. The smallest absolute Gasteiger partial charge is 0.293 e. The highest BCUT2D eigenvalue weighted by Gasteiger charge is 2.34. The molecular weight excluding hydrogens is 436 g/mol. The van der Waals surface area contributed by atoms with E-state index in [1.807, 2.05) is 6.92 Å². The van der Waals surface area contributed by atoms with Crippen LogP contribution in [-0.4, -0.2) is 52.0 Å². The SMILES string of the molecule is CCCc1noc(CCC(=O)NCCN2C(=O)S/C(=C\c3ccc4c(c3)OCO4)C2=O)n1. The van der Waals surface area contributed by atoms with Crippen LogP contribution in [0.2, 0.25) is 0 Å². The molecule has 1 aromatic carbocycles. The molecule has 0 aliphatic carbocycles. The van der Waals surface area contributed by atoms with Gasteiger partial charge >= 0.3 is 0 Å². The Hall–Kier alpha value is -3.34. The molecule has 10 nitrogen and oxygen atoms in total. The van der Waals surface area contributed by atoms with Crippen molar-refractivity contribution in [1.82, 2.24) is 20.4 Å². The summed E-state index contributed by atoms with van der Waals surface area (Å²) < 4.78 is 15.7. The van der Waals surface area contributed by atoms with Crippen LogP contribution in [0.3, 0.4) is 0 Å². The number of aryl methyl sites for hydroxylation is 2. The third-order valence-electron chi connectivity index (χ3n) is 4.78. The van der Waals surface area contributed by atoms with Crippen LogP contribution in [0.5, 0.6) is 11.5 Å². The lowest BCUT2D eigenvalue weighted by atomic mass is 10.2. The molecule has 2 aliphatic rings. The van der Waals surface area contributed by atoms with E-state index in [1.54, 1.807) is 24.3 Å². The second kappa shape index (κ2) is 9.86. The second-order valence-corrected chi connectivity index (χ2v) is 8.14. The molecule has 4 rings (SSSR count). The number of imide groups is 1. The van der Waals surface area contributed by atoms with Gasteiger partial charge in [-0.25, -0.2) is 0 Å². The van der Waals surface area contributed by atoms with Crippen LogP contribution >= 0.6 is 11.8 Å². The minimum atomic E-state index is -0.388. The molecule has 2 aromatic rings. The van der Waals surface area contributed by atoms with Crippen molar-refractivity contribution in [2.45, 2.75) is 32.6 Å². The first kappa shape index (κ1) is 21.9. The van der Waals surface area contributed by atoms with E-state index in [0.717, 1.165) is 35.1 Å². The molecule has 0 saturated carbocycles. The fourth-order valence-electron chi connectivity index (χ4n) is 3.18. The molecule has 1 saturated heterocycles. The number of carbonyl (C=O) groups excluding carboxylic acids is 3. The number of hydrogen-bond acceptors (Lipinski definition) is 9. The summed E-state index contributed by atoms with van der Waals surface area (Å²) in [6.07, 6.45) is 3.81. The maximum Gasteiger partial charge on any atom is 0.293 e. The van der Waals surface area contributed by atoms with Gasteiger partial charge in [-0.2, -0.15) is 4.98 Å². The number of aromatic nitrogens is 2. The van der Waals surface area contributed by atoms with Crippen molar-refractivity contribution < 1.29 is 28.4 Å². The lowest BCUT2D eigenvalue weighted by molar-refractivity contribution is -0.124. The van der Waals surface area contributed by atoms with Crippen molar-refractivity contribution in [2.24, 2.45) is 0 Å². The lowest BCUT2D eigenvalue weighted by Crippen LogP contribution is -2.37. The quantitative estimate of drug-likeness (QED) is 0.565. The Labute approximate surface area is 188 Å². The molecule has 2 aliphatic heterocycles. The van der Waals surface area contributed by atoms with Gasteiger partial charge in [0.1, 0.15) is 0 Å². The maximum absolute atomic E-state index is 12.6. The summed E-state index contributed by atoms with van der Waals surface area (Å²) in [4.78, 5) is 42.6. The van der Waals surface area contributed by atoms with Gasteiger partial charge in [0.05, 0.1) is 4.91 Å². The average Bonchev–Trinajstić information content (AvgIpc) is 3.48. The first-order valence-corrected chi connectivity index (χ1v) is 11.1. The number of nitrogens with one attached hydrogen (secondary N) is 1. The molecule has 0 unspecified atom stereocenters. The molecule has 1 N–H and O–H groups in total. The van der Waals surface area contributed by atoms with E-state index in [1.165, 1.54) is 0 Å². The number of hydrogen-bond donors (Lipinski definition) is 1. The molecule has 1 fully saturated rings. The Balaban J connectivity index is 1.25. The Morgan fingerprint density at radius 2 is 2.09 bits per heavy atom. The van der Waals surface area contributed by atoms with Gasteiger partial charge in [0, 0.05) is 32.4 Å². The fraction of sp³-hybridized carbons (Fsp3) is 0.381. The molecule has 0 bridgehead atoms. The molecule has 11 heteroatoms. The zero-order chi connectivity index (χ0) is 22.5. The van der Waals surface area contributed by atoms with E-state index < -0.39 is 0 Å². The van der Waals surface area contributed by atoms with E-state index in [-0.39, 0.29) is 43.4 Å². The Bertz CT molecular complexity index is 1070. The molecule has 0 spiro atoms. The fourth-order valence-corrected chi connectivity index (χ4v) is 4.04. The van der Waals surface area contributed by atoms with E-state index in [9.17, 15) is 14.4 Å². The number of nitrogens with zero attached hydrogens (tertiary/aromatic N) is 3. The standard InChI is InChI=1S/C21H22N4O6S/c1-2-3-17-23-19(31-24-17)7-6-18(26)22-8-9-25-20(27)16(32-21(25)28)11-13-4-5-14-15(10-13)30-12-29-14/h4-5,10-11H,2-3,6-9,12H2,1H3,(H,22,26)/b16-11-. The van der Waals surface area contributed by atoms with E-state index in [4.69, 9.17) is 14.0 Å². The van der Waals surface area contributed by atoms with E-state index >= 15 is 0 Å². The first-order valence-electron chi connectivity index (χ1n) is 10.3. The van der Waals surface area contributed by atoms with Crippen molar-refractivity contribution in [3.05, 3.63) is 40.4 Å². The van der Waals surface area contributed by atoms with Gasteiger partial charge in [-0.05, 0) is 42.0 Å². The van der Waals surface area contributed by atoms with Gasteiger partial charge in [0.2, 0.25) is 18.6 Å². The monoisotopic (exact) mass is 458 g/mol. The third kappa shape index (κ3) is 5.10. The average molecular weight is 458 g/mol. The van der Waals surface area contributed by atoms with Crippen molar-refractivity contribution in [3.8, 4) is 11.5 Å². The number of benzene rings is 1. The molecule has 32 heavy (non-hydrogen) atoms. The van der Waals surface area contributed by atoms with Gasteiger partial charge in [-0.15, -0.1) is 0 Å². The molecule has 0 radical (unpaired) electrons. The molecule has 3 amide bonds. The van der Waals surface area contributed by atoms with Gasteiger partial charge in [0.15, 0.2) is 17.3 Å². The van der Waals surface area contributed by atoms with Crippen molar-refractivity contribution in [2.75, 3.05) is 19.9 Å². The van der Waals surface area contributed by atoms with Crippen LogP contribution in [0.15, 0.2) is 27.6 Å². The topological polar surface area (TPSA) is 124 Å². The summed E-state index contributed by atoms with van der Waals surface area (Å²) in [6.45, 7) is 2.44. The minimum absolute atomic E-state index is 0.0933. The van der Waals surface area contributed by atoms with Gasteiger partial charge in [-0.1, -0.05) is 18.1 Å². The van der Waals surface area contributed by atoms with E-state index in [0.29, 0.717) is 34.5 Å². The van der Waals surface area contributed by atoms with Gasteiger partial charge in [0.25, 0.3) is 11.1 Å². The van der Waals surface area contributed by atoms with Crippen molar-refractivity contribution in [1.29, 1.82) is 0 Å². The molecule has 1 aromatic heterocycles.